The van der Waals surface area contributed by atoms with Crippen molar-refractivity contribution in [2.45, 2.75) is 41.2 Å². The van der Waals surface area contributed by atoms with Crippen molar-refractivity contribution in [1.29, 1.82) is 0 Å². The Hall–Kier alpha value is -3.40. The topological polar surface area (TPSA) is 46.4 Å². The molecule has 2 aromatic heterocycles. The van der Waals surface area contributed by atoms with Crippen LogP contribution in [0.4, 0.5) is 5.69 Å². The van der Waals surface area contributed by atoms with Gasteiger partial charge in [0.1, 0.15) is 6.79 Å². The van der Waals surface area contributed by atoms with Crippen LogP contribution in [-0.4, -0.2) is 16.2 Å². The fraction of sp³-hybridized carbons (Fsp3) is 0.231. The van der Waals surface area contributed by atoms with Crippen LogP contribution >= 0.6 is 0 Å². The molecule has 0 amide bonds. The van der Waals surface area contributed by atoms with Crippen molar-refractivity contribution in [1.82, 2.24) is 9.38 Å². The Morgan fingerprint density at radius 3 is 2.23 bits per heavy atom. The van der Waals surface area contributed by atoms with Crippen LogP contribution in [0.5, 0.6) is 0 Å². The van der Waals surface area contributed by atoms with Crippen molar-refractivity contribution < 1.29 is 4.79 Å². The molecular weight excluding hydrogens is 370 g/mol. The lowest BCUT2D eigenvalue weighted by atomic mass is 10.0. The summed E-state index contributed by atoms with van der Waals surface area (Å²) in [5, 5.41) is 3.67. The molecule has 0 fully saturated rings. The highest BCUT2D eigenvalue weighted by molar-refractivity contribution is 5.77. The summed E-state index contributed by atoms with van der Waals surface area (Å²) in [7, 11) is 0. The lowest BCUT2D eigenvalue weighted by Crippen LogP contribution is -2.05. The predicted molar refractivity (Wildman–Crippen MR) is 125 cm³/mol. The van der Waals surface area contributed by atoms with Gasteiger partial charge in [0, 0.05) is 24.0 Å². The molecule has 0 aliphatic carbocycles. The van der Waals surface area contributed by atoms with Crippen molar-refractivity contribution in [2.24, 2.45) is 0 Å². The minimum absolute atomic E-state index is 0.788. The average molecular weight is 400 g/mol. The number of rotatable bonds is 4. The van der Waals surface area contributed by atoms with Gasteiger partial charge in [0.05, 0.1) is 11.4 Å². The van der Waals surface area contributed by atoms with Gasteiger partial charge in [-0.3, -0.25) is 0 Å². The van der Waals surface area contributed by atoms with Crippen LogP contribution in [0.25, 0.3) is 16.8 Å². The standard InChI is InChI=1S/C25H27N3.CH2O/c1-16-8-6-11-21(12-16)22-13-24(25-27-19(4)20(5)28(25)15-22)26-14-23-17(2)9-7-10-18(23)3;1-2/h6-13,15,26H,14H2,1-5H3;1H2. The summed E-state index contributed by atoms with van der Waals surface area (Å²) < 4.78 is 2.21. The zero-order valence-corrected chi connectivity index (χ0v) is 18.4. The Kier molecular flexibility index (Phi) is 6.36. The fourth-order valence-electron chi connectivity index (χ4n) is 3.80. The molecule has 0 aliphatic heterocycles. The largest absolute Gasteiger partial charge is 0.378 e. The molecule has 154 valence electrons. The number of benzene rings is 2. The maximum Gasteiger partial charge on any atom is 0.160 e. The van der Waals surface area contributed by atoms with Crippen LogP contribution in [0, 0.1) is 34.6 Å². The minimum atomic E-state index is 0.788. The highest BCUT2D eigenvalue weighted by atomic mass is 16.1. The Morgan fingerprint density at radius 2 is 1.57 bits per heavy atom. The van der Waals surface area contributed by atoms with E-state index in [1.165, 1.54) is 39.1 Å². The lowest BCUT2D eigenvalue weighted by molar-refractivity contribution is -0.0979. The molecule has 0 atom stereocenters. The zero-order chi connectivity index (χ0) is 21.8. The zero-order valence-electron chi connectivity index (χ0n) is 18.4. The van der Waals surface area contributed by atoms with Gasteiger partial charge < -0.3 is 14.5 Å². The Labute approximate surface area is 178 Å². The molecule has 0 spiro atoms. The monoisotopic (exact) mass is 399 g/mol. The Bertz CT molecular complexity index is 1170. The van der Waals surface area contributed by atoms with Crippen LogP contribution < -0.4 is 5.32 Å². The van der Waals surface area contributed by atoms with E-state index in [1.807, 2.05) is 6.79 Å². The van der Waals surface area contributed by atoms with E-state index in [0.29, 0.717) is 0 Å². The number of fused-ring (bicyclic) bond motifs is 1. The summed E-state index contributed by atoms with van der Waals surface area (Å²) in [6, 6.07) is 17.3. The van der Waals surface area contributed by atoms with Gasteiger partial charge >= 0.3 is 0 Å². The molecule has 4 heteroatoms. The molecule has 4 rings (SSSR count). The molecule has 2 heterocycles. The first-order valence-corrected chi connectivity index (χ1v) is 10.1. The fourth-order valence-corrected chi connectivity index (χ4v) is 3.80. The maximum absolute atomic E-state index is 8.00. The first-order valence-electron chi connectivity index (χ1n) is 10.1. The second-order valence-electron chi connectivity index (χ2n) is 7.71. The Morgan fingerprint density at radius 1 is 0.900 bits per heavy atom. The third-order valence-corrected chi connectivity index (χ3v) is 5.65. The van der Waals surface area contributed by atoms with E-state index in [1.54, 1.807) is 0 Å². The van der Waals surface area contributed by atoms with Crippen molar-refractivity contribution in [3.8, 4) is 11.1 Å². The van der Waals surface area contributed by atoms with E-state index >= 15 is 0 Å². The van der Waals surface area contributed by atoms with E-state index < -0.39 is 0 Å². The number of imidazole rings is 1. The van der Waals surface area contributed by atoms with Gasteiger partial charge in [-0.25, -0.2) is 4.98 Å². The van der Waals surface area contributed by atoms with E-state index in [-0.39, 0.29) is 0 Å². The highest BCUT2D eigenvalue weighted by Crippen LogP contribution is 2.29. The molecule has 4 nitrogen and oxygen atoms in total. The number of carbonyl (C=O) groups excluding carboxylic acids is 1. The number of aromatic nitrogens is 2. The van der Waals surface area contributed by atoms with Crippen LogP contribution in [0.15, 0.2) is 54.7 Å². The molecule has 0 aliphatic rings. The van der Waals surface area contributed by atoms with Gasteiger partial charge in [-0.1, -0.05) is 48.0 Å². The first-order chi connectivity index (χ1) is 14.4. The lowest BCUT2D eigenvalue weighted by Gasteiger charge is -2.14. The van der Waals surface area contributed by atoms with E-state index in [0.717, 1.165) is 23.6 Å². The second-order valence-corrected chi connectivity index (χ2v) is 7.71. The van der Waals surface area contributed by atoms with Crippen molar-refractivity contribution in [3.63, 3.8) is 0 Å². The number of nitrogens with one attached hydrogen (secondary N) is 1. The molecule has 30 heavy (non-hydrogen) atoms. The number of nitrogens with zero attached hydrogens (tertiary/aromatic N) is 2. The third-order valence-electron chi connectivity index (χ3n) is 5.65. The molecule has 1 N–H and O–H groups in total. The van der Waals surface area contributed by atoms with E-state index in [4.69, 9.17) is 9.78 Å². The summed E-state index contributed by atoms with van der Waals surface area (Å²) in [6.07, 6.45) is 2.20. The molecule has 0 bridgehead atoms. The smallest absolute Gasteiger partial charge is 0.160 e. The van der Waals surface area contributed by atoms with Crippen molar-refractivity contribution >= 4 is 18.1 Å². The van der Waals surface area contributed by atoms with E-state index in [9.17, 15) is 0 Å². The number of hydrogen-bond donors (Lipinski definition) is 1. The molecule has 2 aromatic carbocycles. The van der Waals surface area contributed by atoms with E-state index in [2.05, 4.69) is 99.1 Å². The summed E-state index contributed by atoms with van der Waals surface area (Å²) in [5.74, 6) is 0. The third kappa shape index (κ3) is 4.13. The molecular formula is C26H29N3O. The Balaban J connectivity index is 0.00000124. The molecule has 0 radical (unpaired) electrons. The van der Waals surface area contributed by atoms with Crippen molar-refractivity contribution in [2.75, 3.05) is 5.32 Å². The van der Waals surface area contributed by atoms with Gasteiger partial charge in [-0.2, -0.15) is 0 Å². The van der Waals surface area contributed by atoms with Gasteiger partial charge in [0.25, 0.3) is 0 Å². The van der Waals surface area contributed by atoms with Gasteiger partial charge in [0.15, 0.2) is 5.65 Å². The van der Waals surface area contributed by atoms with Crippen molar-refractivity contribution in [3.05, 3.63) is 88.4 Å². The molecule has 0 saturated carbocycles. The summed E-state index contributed by atoms with van der Waals surface area (Å²) >= 11 is 0. The SMILES string of the molecule is C=O.Cc1cccc(-c2cc(NCc3c(C)cccc3C)c3nc(C)c(C)n3c2)c1. The average Bonchev–Trinajstić information content (AvgIpc) is 3.03. The summed E-state index contributed by atoms with van der Waals surface area (Å²) in [5.41, 5.74) is 12.0. The molecule has 0 saturated heterocycles. The van der Waals surface area contributed by atoms with Gasteiger partial charge in [-0.15, -0.1) is 0 Å². The van der Waals surface area contributed by atoms with Crippen LogP contribution in [0.3, 0.4) is 0 Å². The predicted octanol–water partition coefficient (Wildman–Crippen LogP) is 5.97. The second kappa shape index (κ2) is 8.95. The van der Waals surface area contributed by atoms with Crippen LogP contribution in [-0.2, 0) is 11.3 Å². The number of pyridine rings is 1. The number of carbonyl (C=O) groups is 1. The highest BCUT2D eigenvalue weighted by Gasteiger charge is 2.13. The number of aryl methyl sites for hydroxylation is 5. The van der Waals surface area contributed by atoms with Crippen LogP contribution in [0.1, 0.15) is 33.6 Å². The van der Waals surface area contributed by atoms with Gasteiger partial charge in [-0.05, 0) is 62.9 Å². The normalized spacial score (nSPS) is 10.6. The summed E-state index contributed by atoms with van der Waals surface area (Å²) in [4.78, 5) is 12.8. The minimum Gasteiger partial charge on any atom is -0.378 e. The van der Waals surface area contributed by atoms with Crippen LogP contribution in [0.2, 0.25) is 0 Å². The number of anilines is 1. The maximum atomic E-state index is 8.00. The number of hydrogen-bond acceptors (Lipinski definition) is 3. The molecule has 0 unspecified atom stereocenters. The van der Waals surface area contributed by atoms with Gasteiger partial charge in [0.2, 0.25) is 0 Å². The quantitative estimate of drug-likeness (QED) is 0.460. The summed E-state index contributed by atoms with van der Waals surface area (Å²) in [6.45, 7) is 13.5. The molecule has 4 aromatic rings. The first kappa shape index (κ1) is 21.3.